The second-order valence-corrected chi connectivity index (χ2v) is 6.61. The molecule has 0 amide bonds. The Morgan fingerprint density at radius 2 is 2.11 bits per heavy atom. The first-order chi connectivity index (χ1) is 13.1. The second-order valence-electron chi connectivity index (χ2n) is 6.61. The van der Waals surface area contributed by atoms with Gasteiger partial charge in [0.1, 0.15) is 5.82 Å². The van der Waals surface area contributed by atoms with E-state index in [1.54, 1.807) is 10.6 Å². The SMILES string of the molecule is CCc1cc(=O)c2cc(F)c(C=CCOC3CCCCO3)c(F)c2n1CC. The van der Waals surface area contributed by atoms with Gasteiger partial charge in [0.2, 0.25) is 0 Å². The van der Waals surface area contributed by atoms with Crippen molar-refractivity contribution >= 4 is 17.0 Å². The molecule has 3 rings (SSSR count). The zero-order valence-electron chi connectivity index (χ0n) is 15.8. The van der Waals surface area contributed by atoms with E-state index in [1.807, 2.05) is 13.8 Å². The Labute approximate surface area is 157 Å². The van der Waals surface area contributed by atoms with Crippen molar-refractivity contribution in [3.8, 4) is 0 Å². The highest BCUT2D eigenvalue weighted by Crippen LogP contribution is 2.25. The average Bonchev–Trinajstić information content (AvgIpc) is 2.68. The molecular formula is C21H25F2NO3. The van der Waals surface area contributed by atoms with E-state index in [2.05, 4.69) is 0 Å². The van der Waals surface area contributed by atoms with Gasteiger partial charge in [-0.3, -0.25) is 4.79 Å². The fraction of sp³-hybridized carbons (Fsp3) is 0.476. The molecule has 1 atom stereocenters. The number of ether oxygens (including phenoxy) is 2. The van der Waals surface area contributed by atoms with Gasteiger partial charge in [-0.1, -0.05) is 19.1 Å². The molecule has 1 aromatic carbocycles. The highest BCUT2D eigenvalue weighted by molar-refractivity contribution is 5.83. The number of hydrogen-bond acceptors (Lipinski definition) is 3. The molecule has 0 bridgehead atoms. The van der Waals surface area contributed by atoms with Crippen molar-refractivity contribution < 1.29 is 18.3 Å². The van der Waals surface area contributed by atoms with E-state index in [-0.39, 0.29) is 34.8 Å². The van der Waals surface area contributed by atoms with Crippen molar-refractivity contribution in [1.82, 2.24) is 4.57 Å². The van der Waals surface area contributed by atoms with Crippen LogP contribution >= 0.6 is 0 Å². The molecule has 4 nitrogen and oxygen atoms in total. The number of hydrogen-bond donors (Lipinski definition) is 0. The highest BCUT2D eigenvalue weighted by Gasteiger charge is 2.18. The van der Waals surface area contributed by atoms with Gasteiger partial charge >= 0.3 is 0 Å². The van der Waals surface area contributed by atoms with Gasteiger partial charge in [-0.05, 0) is 38.7 Å². The summed E-state index contributed by atoms with van der Waals surface area (Å²) in [6.45, 7) is 5.15. The van der Waals surface area contributed by atoms with Gasteiger partial charge in [0.15, 0.2) is 17.5 Å². The first kappa shape index (κ1) is 19.7. The first-order valence-corrected chi connectivity index (χ1v) is 9.51. The van der Waals surface area contributed by atoms with Crippen LogP contribution in [-0.2, 0) is 22.4 Å². The summed E-state index contributed by atoms with van der Waals surface area (Å²) in [6, 6.07) is 2.58. The Bertz CT molecular complexity index is 899. The van der Waals surface area contributed by atoms with Crippen molar-refractivity contribution in [2.45, 2.75) is 52.4 Å². The van der Waals surface area contributed by atoms with Gasteiger partial charge in [0, 0.05) is 30.5 Å². The van der Waals surface area contributed by atoms with Crippen LogP contribution in [0.4, 0.5) is 8.78 Å². The third kappa shape index (κ3) is 4.12. The summed E-state index contributed by atoms with van der Waals surface area (Å²) in [5, 5.41) is 0.0630. The van der Waals surface area contributed by atoms with Gasteiger partial charge in [0.05, 0.1) is 17.5 Å². The molecule has 0 spiro atoms. The van der Waals surface area contributed by atoms with E-state index >= 15 is 4.39 Å². The number of aromatic nitrogens is 1. The standard InChI is InChI=1S/C21H25F2NO3/c1-3-14-12-18(25)16-13-17(22)15(20(23)21(16)24(14)4-2)8-7-11-27-19-9-5-6-10-26-19/h7-8,12-13,19H,3-6,9-11H2,1-2H3. The zero-order valence-corrected chi connectivity index (χ0v) is 15.8. The molecule has 146 valence electrons. The summed E-state index contributed by atoms with van der Waals surface area (Å²) < 4.78 is 42.4. The lowest BCUT2D eigenvalue weighted by Gasteiger charge is -2.21. The van der Waals surface area contributed by atoms with Crippen LogP contribution in [-0.4, -0.2) is 24.1 Å². The van der Waals surface area contributed by atoms with E-state index in [1.165, 1.54) is 12.1 Å². The van der Waals surface area contributed by atoms with Gasteiger partial charge in [-0.25, -0.2) is 8.78 Å². The van der Waals surface area contributed by atoms with E-state index in [4.69, 9.17) is 9.47 Å². The predicted octanol–water partition coefficient (Wildman–Crippen LogP) is 4.42. The maximum absolute atomic E-state index is 15.1. The topological polar surface area (TPSA) is 40.5 Å². The average molecular weight is 377 g/mol. The number of pyridine rings is 1. The fourth-order valence-electron chi connectivity index (χ4n) is 3.50. The van der Waals surface area contributed by atoms with E-state index in [0.29, 0.717) is 19.6 Å². The largest absolute Gasteiger partial charge is 0.353 e. The molecule has 0 N–H and O–H groups in total. The minimum Gasteiger partial charge on any atom is -0.353 e. The molecule has 0 radical (unpaired) electrons. The first-order valence-electron chi connectivity index (χ1n) is 9.51. The molecule has 1 saturated heterocycles. The van der Waals surface area contributed by atoms with Gasteiger partial charge < -0.3 is 14.0 Å². The van der Waals surface area contributed by atoms with Crippen molar-refractivity contribution in [2.75, 3.05) is 13.2 Å². The summed E-state index contributed by atoms with van der Waals surface area (Å²) in [5.41, 5.74) is 0.357. The molecule has 2 aromatic rings. The number of aryl methyl sites for hydroxylation is 2. The molecule has 1 aliphatic heterocycles. The summed E-state index contributed by atoms with van der Waals surface area (Å²) in [6.07, 6.45) is 6.19. The third-order valence-corrected chi connectivity index (χ3v) is 4.89. The Balaban J connectivity index is 1.93. The van der Waals surface area contributed by atoms with Crippen molar-refractivity contribution in [3.05, 3.63) is 51.3 Å². The molecule has 1 unspecified atom stereocenters. The maximum Gasteiger partial charge on any atom is 0.189 e. The van der Waals surface area contributed by atoms with Crippen LogP contribution in [0.15, 0.2) is 23.0 Å². The second kappa shape index (κ2) is 8.76. The summed E-state index contributed by atoms with van der Waals surface area (Å²) >= 11 is 0. The molecule has 1 aromatic heterocycles. The Kier molecular flexibility index (Phi) is 6.39. The Morgan fingerprint density at radius 1 is 1.30 bits per heavy atom. The van der Waals surface area contributed by atoms with Crippen LogP contribution in [0.2, 0.25) is 0 Å². The van der Waals surface area contributed by atoms with Crippen LogP contribution < -0.4 is 5.43 Å². The smallest absolute Gasteiger partial charge is 0.189 e. The molecular weight excluding hydrogens is 352 g/mol. The summed E-state index contributed by atoms with van der Waals surface area (Å²) in [5.74, 6) is -1.47. The van der Waals surface area contributed by atoms with Gasteiger partial charge in [-0.15, -0.1) is 0 Å². The number of nitrogens with zero attached hydrogens (tertiary/aromatic N) is 1. The van der Waals surface area contributed by atoms with Crippen molar-refractivity contribution in [1.29, 1.82) is 0 Å². The van der Waals surface area contributed by atoms with Crippen LogP contribution in [0.25, 0.3) is 17.0 Å². The minimum absolute atomic E-state index is 0.0630. The van der Waals surface area contributed by atoms with Gasteiger partial charge in [-0.2, -0.15) is 0 Å². The molecule has 1 fully saturated rings. The Morgan fingerprint density at radius 3 is 2.78 bits per heavy atom. The number of benzene rings is 1. The molecule has 27 heavy (non-hydrogen) atoms. The maximum atomic E-state index is 15.1. The van der Waals surface area contributed by atoms with E-state index in [0.717, 1.165) is 31.0 Å². The molecule has 6 heteroatoms. The highest BCUT2D eigenvalue weighted by atomic mass is 19.1. The number of fused-ring (bicyclic) bond motifs is 1. The zero-order chi connectivity index (χ0) is 19.4. The van der Waals surface area contributed by atoms with Crippen LogP contribution in [0.5, 0.6) is 0 Å². The number of rotatable bonds is 6. The van der Waals surface area contributed by atoms with Crippen LogP contribution in [0.3, 0.4) is 0 Å². The van der Waals surface area contributed by atoms with Crippen molar-refractivity contribution in [2.24, 2.45) is 0 Å². The van der Waals surface area contributed by atoms with E-state index < -0.39 is 11.6 Å². The Hall–Kier alpha value is -2.05. The normalized spacial score (nSPS) is 17.9. The van der Waals surface area contributed by atoms with Gasteiger partial charge in [0.25, 0.3) is 0 Å². The molecule has 0 saturated carbocycles. The monoisotopic (exact) mass is 377 g/mol. The summed E-state index contributed by atoms with van der Waals surface area (Å²) in [7, 11) is 0. The molecule has 2 heterocycles. The minimum atomic E-state index is -0.755. The van der Waals surface area contributed by atoms with Crippen LogP contribution in [0, 0.1) is 11.6 Å². The lowest BCUT2D eigenvalue weighted by atomic mass is 10.1. The third-order valence-electron chi connectivity index (χ3n) is 4.89. The molecule has 1 aliphatic rings. The lowest BCUT2D eigenvalue weighted by molar-refractivity contribution is -0.155. The van der Waals surface area contributed by atoms with Crippen molar-refractivity contribution in [3.63, 3.8) is 0 Å². The fourth-order valence-corrected chi connectivity index (χ4v) is 3.50. The van der Waals surface area contributed by atoms with Crippen LogP contribution in [0.1, 0.15) is 44.4 Å². The predicted molar refractivity (Wildman–Crippen MR) is 102 cm³/mol. The van der Waals surface area contributed by atoms with E-state index in [9.17, 15) is 9.18 Å². The molecule has 0 aliphatic carbocycles. The quantitative estimate of drug-likeness (QED) is 0.748. The lowest BCUT2D eigenvalue weighted by Crippen LogP contribution is -2.22. The number of halogens is 2. The summed E-state index contributed by atoms with van der Waals surface area (Å²) in [4.78, 5) is 12.3.